The van der Waals surface area contributed by atoms with E-state index < -0.39 is 31.5 Å². The number of ether oxygens (including phenoxy) is 1. The van der Waals surface area contributed by atoms with Crippen LogP contribution in [-0.2, 0) is 23.4 Å². The number of amides is 1. The molecule has 9 heteroatoms. The van der Waals surface area contributed by atoms with Crippen LogP contribution in [0, 0.1) is 5.41 Å². The summed E-state index contributed by atoms with van der Waals surface area (Å²) in [5, 5.41) is 5.67. The van der Waals surface area contributed by atoms with E-state index in [1.54, 1.807) is 0 Å². The van der Waals surface area contributed by atoms with Crippen molar-refractivity contribution in [3.05, 3.63) is 35.9 Å². The molecule has 1 aromatic rings. The van der Waals surface area contributed by atoms with E-state index in [1.165, 1.54) is 7.11 Å². The minimum absolute atomic E-state index is 0.0663. The van der Waals surface area contributed by atoms with Gasteiger partial charge in [-0.2, -0.15) is 0 Å². The van der Waals surface area contributed by atoms with Crippen LogP contribution in [0.15, 0.2) is 30.3 Å². The number of hydrogen-bond donors (Lipinski definition) is 3. The third-order valence-electron chi connectivity index (χ3n) is 4.42. The van der Waals surface area contributed by atoms with Gasteiger partial charge in [0.1, 0.15) is 0 Å². The van der Waals surface area contributed by atoms with Crippen LogP contribution >= 0.6 is 8.09 Å². The van der Waals surface area contributed by atoms with Gasteiger partial charge in [0.05, 0.1) is 0 Å². The van der Waals surface area contributed by atoms with Crippen molar-refractivity contribution in [3.63, 3.8) is 0 Å². The third-order valence-corrected chi connectivity index (χ3v) is 6.31. The number of nitrogens with one attached hydrogen (secondary N) is 2. The number of hydrogen-bond acceptors (Lipinski definition) is 7. The molecule has 1 aromatic carbocycles. The number of esters is 1. The molecule has 0 saturated carbocycles. The van der Waals surface area contributed by atoms with E-state index in [9.17, 15) is 14.5 Å². The van der Waals surface area contributed by atoms with Gasteiger partial charge in [-0.1, -0.05) is 0 Å². The molecule has 1 fully saturated rings. The summed E-state index contributed by atoms with van der Waals surface area (Å²) in [6, 6.07) is 9.36. The van der Waals surface area contributed by atoms with Crippen LogP contribution in [0.3, 0.4) is 0 Å². The predicted octanol–water partition coefficient (Wildman–Crippen LogP) is 1.86. The Morgan fingerprint density at radius 3 is 2.67 bits per heavy atom. The predicted molar refractivity (Wildman–Crippen MR) is 103 cm³/mol. The summed E-state index contributed by atoms with van der Waals surface area (Å²) in [5.74, 6) is -0.806. The molecule has 2 rings (SSSR count). The molecule has 3 N–H and O–H groups in total. The molecule has 1 amide bonds. The van der Waals surface area contributed by atoms with Crippen molar-refractivity contribution in [1.29, 1.82) is 0 Å². The van der Waals surface area contributed by atoms with E-state index in [-0.39, 0.29) is 25.6 Å². The van der Waals surface area contributed by atoms with Gasteiger partial charge in [0.15, 0.2) is 0 Å². The van der Waals surface area contributed by atoms with Gasteiger partial charge >= 0.3 is 160 Å². The number of rotatable bonds is 7. The van der Waals surface area contributed by atoms with Crippen molar-refractivity contribution in [2.75, 3.05) is 20.3 Å². The average molecular weight is 400 g/mol. The Bertz CT molecular complexity index is 657. The minimum atomic E-state index is -3.77. The van der Waals surface area contributed by atoms with Gasteiger partial charge in [-0.25, -0.2) is 0 Å². The quantitative estimate of drug-likeness (QED) is 0.474. The first kappa shape index (κ1) is 21.7. The Hall–Kier alpha value is -1.57. The van der Waals surface area contributed by atoms with Crippen molar-refractivity contribution < 1.29 is 28.3 Å². The second-order valence-corrected chi connectivity index (χ2v) is 9.23. The van der Waals surface area contributed by atoms with E-state index in [4.69, 9.17) is 9.05 Å². The Morgan fingerprint density at radius 1 is 1.37 bits per heavy atom. The Kier molecular flexibility index (Phi) is 7.31. The SMILES string of the molecule is COC(=O)CCNC(=O)[C@@H]1O[PH](O)(NC(C)c2ccccc2)OCC1(C)C. The summed E-state index contributed by atoms with van der Waals surface area (Å²) < 4.78 is 15.9. The molecule has 1 aliphatic rings. The summed E-state index contributed by atoms with van der Waals surface area (Å²) in [6.07, 6.45) is -0.840. The number of methoxy groups -OCH3 is 1. The van der Waals surface area contributed by atoms with Gasteiger partial charge in [-0.15, -0.1) is 0 Å². The molecule has 0 aliphatic carbocycles. The molecule has 1 aliphatic heterocycles. The van der Waals surface area contributed by atoms with E-state index >= 15 is 0 Å². The first-order chi connectivity index (χ1) is 12.7. The molecule has 0 spiro atoms. The standard InChI is InChI=1S/C18H29N2O6P/c1-13(14-8-6-5-7-9-14)20-27(23)25-12-18(2,3)16(26-27)17(22)19-11-10-15(21)24-4/h5-9,13,16,20,23,27H,10-12H2,1-4H3,(H,19,22)/t13?,16-/m0/s1. The zero-order chi connectivity index (χ0) is 20.1. The number of carbonyl (C=O) groups excluding carboxylic acids is 2. The fourth-order valence-electron chi connectivity index (χ4n) is 2.78. The second kappa shape index (κ2) is 9.08. The van der Waals surface area contributed by atoms with Crippen molar-refractivity contribution in [2.45, 2.75) is 39.3 Å². The first-order valence-electron chi connectivity index (χ1n) is 8.88. The Morgan fingerprint density at radius 2 is 2.04 bits per heavy atom. The molecular formula is C18H29N2O6P. The summed E-state index contributed by atoms with van der Waals surface area (Å²) in [7, 11) is -2.48. The Labute approximate surface area is 160 Å². The second-order valence-electron chi connectivity index (χ2n) is 7.25. The fraction of sp³-hybridized carbons (Fsp3) is 0.556. The van der Waals surface area contributed by atoms with Crippen LogP contribution in [0.25, 0.3) is 0 Å². The van der Waals surface area contributed by atoms with Crippen LogP contribution in [0.4, 0.5) is 0 Å². The zero-order valence-corrected chi connectivity index (χ0v) is 17.2. The van der Waals surface area contributed by atoms with Gasteiger partial charge in [0.25, 0.3) is 0 Å². The van der Waals surface area contributed by atoms with E-state index in [2.05, 4.69) is 15.1 Å². The summed E-state index contributed by atoms with van der Waals surface area (Å²) in [5.41, 5.74) is 0.334. The van der Waals surface area contributed by atoms with Crippen LogP contribution in [-0.4, -0.2) is 43.1 Å². The van der Waals surface area contributed by atoms with Crippen molar-refractivity contribution >= 4 is 20.0 Å². The van der Waals surface area contributed by atoms with Gasteiger partial charge < -0.3 is 0 Å². The van der Waals surface area contributed by atoms with Crippen LogP contribution in [0.2, 0.25) is 0 Å². The van der Waals surface area contributed by atoms with Crippen molar-refractivity contribution in [1.82, 2.24) is 10.4 Å². The van der Waals surface area contributed by atoms with E-state index in [0.717, 1.165) is 5.56 Å². The van der Waals surface area contributed by atoms with Crippen LogP contribution in [0.5, 0.6) is 0 Å². The molecule has 1 saturated heterocycles. The first-order valence-corrected chi connectivity index (χ1v) is 10.6. The van der Waals surface area contributed by atoms with Gasteiger partial charge in [0.2, 0.25) is 0 Å². The molecule has 8 nitrogen and oxygen atoms in total. The zero-order valence-electron chi connectivity index (χ0n) is 16.2. The molecule has 0 aromatic heterocycles. The summed E-state index contributed by atoms with van der Waals surface area (Å²) in [6.45, 7) is 5.84. The van der Waals surface area contributed by atoms with Crippen LogP contribution in [0.1, 0.15) is 38.8 Å². The maximum absolute atomic E-state index is 12.6. The van der Waals surface area contributed by atoms with Gasteiger partial charge in [-0.3, -0.25) is 0 Å². The molecule has 0 bridgehead atoms. The molecule has 1 unspecified atom stereocenters. The maximum atomic E-state index is 12.6. The Balaban J connectivity index is 2.02. The average Bonchev–Trinajstić information content (AvgIpc) is 2.64. The van der Waals surface area contributed by atoms with Crippen molar-refractivity contribution in [2.24, 2.45) is 5.41 Å². The molecular weight excluding hydrogens is 371 g/mol. The van der Waals surface area contributed by atoms with E-state index in [1.807, 2.05) is 51.1 Å². The van der Waals surface area contributed by atoms with Gasteiger partial charge in [-0.05, 0) is 0 Å². The van der Waals surface area contributed by atoms with E-state index in [0.29, 0.717) is 0 Å². The molecule has 152 valence electrons. The summed E-state index contributed by atoms with van der Waals surface area (Å²) >= 11 is 0. The number of benzene rings is 1. The normalized spacial score (nSPS) is 23.1. The monoisotopic (exact) mass is 400 g/mol. The third kappa shape index (κ3) is 5.96. The topological polar surface area (TPSA) is 106 Å². The fourth-order valence-corrected chi connectivity index (χ4v) is 5.02. The van der Waals surface area contributed by atoms with Crippen LogP contribution < -0.4 is 10.4 Å². The summed E-state index contributed by atoms with van der Waals surface area (Å²) in [4.78, 5) is 34.6. The number of carbonyl (C=O) groups is 2. The molecule has 0 radical (unpaired) electrons. The molecule has 2 atom stereocenters. The van der Waals surface area contributed by atoms with Crippen molar-refractivity contribution in [3.8, 4) is 0 Å². The molecule has 27 heavy (non-hydrogen) atoms. The van der Waals surface area contributed by atoms with Gasteiger partial charge in [0, 0.05) is 0 Å². The molecule has 1 heterocycles.